The lowest BCUT2D eigenvalue weighted by Gasteiger charge is -2.38. The fraction of sp³-hybridized carbons (Fsp3) is 0.900. The highest BCUT2D eigenvalue weighted by Crippen LogP contribution is 2.58. The van der Waals surface area contributed by atoms with Gasteiger partial charge in [-0.25, -0.2) is 0 Å². The van der Waals surface area contributed by atoms with Gasteiger partial charge in [-0.2, -0.15) is 0 Å². The molecule has 0 aliphatic heterocycles. The van der Waals surface area contributed by atoms with Gasteiger partial charge < -0.3 is 5.11 Å². The third kappa shape index (κ3) is 1.53. The van der Waals surface area contributed by atoms with E-state index in [0.29, 0.717) is 6.42 Å². The van der Waals surface area contributed by atoms with Gasteiger partial charge in [-0.05, 0) is 31.1 Å². The van der Waals surface area contributed by atoms with Gasteiger partial charge in [0.2, 0.25) is 0 Å². The average Bonchev–Trinajstić information content (AvgIpc) is 2.24. The minimum atomic E-state index is -0.751. The smallest absolute Gasteiger partial charge is 0.309 e. The maximum absolute atomic E-state index is 11.2. The Kier molecular flexibility index (Phi) is 3.09. The van der Waals surface area contributed by atoms with Crippen LogP contribution in [0, 0.1) is 16.7 Å². The summed E-state index contributed by atoms with van der Waals surface area (Å²) in [5.74, 6) is -0.689. The minimum Gasteiger partial charge on any atom is -0.481 e. The summed E-state index contributed by atoms with van der Waals surface area (Å²) in [5, 5.41) is 9.22. The van der Waals surface area contributed by atoms with E-state index >= 15 is 0 Å². The van der Waals surface area contributed by atoms with Gasteiger partial charge in [0.1, 0.15) is 4.84 Å². The van der Waals surface area contributed by atoms with Crippen molar-refractivity contribution in [1.29, 1.82) is 0 Å². The molecule has 0 aromatic heterocycles. The minimum absolute atomic E-state index is 0.0620. The van der Waals surface area contributed by atoms with E-state index in [4.69, 9.17) is 23.2 Å². The van der Waals surface area contributed by atoms with E-state index in [9.17, 15) is 9.90 Å². The third-order valence-electron chi connectivity index (χ3n) is 4.08. The first kappa shape index (κ1) is 12.1. The van der Waals surface area contributed by atoms with Gasteiger partial charge in [0, 0.05) is 0 Å². The molecule has 1 saturated carbocycles. The summed E-state index contributed by atoms with van der Waals surface area (Å²) in [7, 11) is 0. The van der Waals surface area contributed by atoms with Gasteiger partial charge in [0.15, 0.2) is 0 Å². The van der Waals surface area contributed by atoms with Crippen molar-refractivity contribution in [2.75, 3.05) is 0 Å². The summed E-state index contributed by atoms with van der Waals surface area (Å²) in [5.41, 5.74) is -1.06. The average molecular weight is 239 g/mol. The molecule has 0 unspecified atom stereocenters. The molecular weight excluding hydrogens is 223 g/mol. The van der Waals surface area contributed by atoms with E-state index in [-0.39, 0.29) is 11.3 Å². The lowest BCUT2D eigenvalue weighted by atomic mass is 9.66. The van der Waals surface area contributed by atoms with Crippen molar-refractivity contribution in [1.82, 2.24) is 0 Å². The summed E-state index contributed by atoms with van der Waals surface area (Å²) in [4.78, 5) is 10.7. The highest BCUT2D eigenvalue weighted by atomic mass is 35.5. The molecule has 1 N–H and O–H groups in total. The molecule has 0 amide bonds. The number of alkyl halides is 2. The monoisotopic (exact) mass is 238 g/mol. The van der Waals surface area contributed by atoms with Crippen molar-refractivity contribution in [2.24, 2.45) is 16.7 Å². The molecule has 0 radical (unpaired) electrons. The number of carboxylic acids is 1. The topological polar surface area (TPSA) is 37.3 Å². The number of aliphatic carboxylic acids is 1. The zero-order valence-electron chi connectivity index (χ0n) is 8.68. The van der Waals surface area contributed by atoms with Crippen LogP contribution in [0.3, 0.4) is 0 Å². The molecule has 82 valence electrons. The maximum Gasteiger partial charge on any atom is 0.309 e. The standard InChI is InChI=1S/C10H16Cl2O2/c1-9(2)6(7(11)12)4-5-10(9,3)8(13)14/h6-7H,4-5H2,1-3H3,(H,13,14)/t6-,10-/m1/s1. The maximum atomic E-state index is 11.2. The molecule has 4 heteroatoms. The van der Waals surface area contributed by atoms with E-state index in [0.717, 1.165) is 6.42 Å². The Hall–Kier alpha value is 0.0500. The van der Waals surface area contributed by atoms with Crippen LogP contribution in [0.2, 0.25) is 0 Å². The number of carbonyl (C=O) groups is 1. The molecule has 0 aromatic carbocycles. The molecule has 1 aliphatic rings. The van der Waals surface area contributed by atoms with Crippen LogP contribution in [0.4, 0.5) is 0 Å². The zero-order valence-corrected chi connectivity index (χ0v) is 10.2. The fourth-order valence-electron chi connectivity index (χ4n) is 2.36. The van der Waals surface area contributed by atoms with E-state index in [1.165, 1.54) is 0 Å². The Morgan fingerprint density at radius 2 is 1.93 bits per heavy atom. The first-order valence-corrected chi connectivity index (χ1v) is 5.62. The van der Waals surface area contributed by atoms with Crippen molar-refractivity contribution >= 4 is 29.2 Å². The quantitative estimate of drug-likeness (QED) is 0.750. The molecule has 0 heterocycles. The number of halogens is 2. The van der Waals surface area contributed by atoms with Crippen LogP contribution >= 0.6 is 23.2 Å². The Bertz CT molecular complexity index is 251. The molecule has 2 nitrogen and oxygen atoms in total. The second-order valence-electron chi connectivity index (χ2n) is 4.84. The van der Waals surface area contributed by atoms with Gasteiger partial charge in [-0.15, -0.1) is 23.2 Å². The van der Waals surface area contributed by atoms with E-state index in [1.807, 2.05) is 13.8 Å². The van der Waals surface area contributed by atoms with Gasteiger partial charge in [0.05, 0.1) is 5.41 Å². The summed E-state index contributed by atoms with van der Waals surface area (Å²) in [6.07, 6.45) is 1.43. The first-order chi connectivity index (χ1) is 6.23. The largest absolute Gasteiger partial charge is 0.481 e. The predicted octanol–water partition coefficient (Wildman–Crippen LogP) is 3.32. The van der Waals surface area contributed by atoms with Gasteiger partial charge in [0.25, 0.3) is 0 Å². The lowest BCUT2D eigenvalue weighted by Crippen LogP contribution is -2.42. The predicted molar refractivity (Wildman–Crippen MR) is 57.7 cm³/mol. The van der Waals surface area contributed by atoms with Crippen molar-refractivity contribution in [3.05, 3.63) is 0 Å². The van der Waals surface area contributed by atoms with Crippen molar-refractivity contribution in [3.63, 3.8) is 0 Å². The van der Waals surface area contributed by atoms with Gasteiger partial charge in [-0.1, -0.05) is 13.8 Å². The summed E-state index contributed by atoms with van der Waals surface area (Å²) < 4.78 is 0. The summed E-state index contributed by atoms with van der Waals surface area (Å²) in [6, 6.07) is 0. The van der Waals surface area contributed by atoms with Crippen LogP contribution in [0.1, 0.15) is 33.6 Å². The van der Waals surface area contributed by atoms with E-state index in [2.05, 4.69) is 0 Å². The molecule has 0 aromatic rings. The fourth-order valence-corrected chi connectivity index (χ4v) is 3.24. The molecular formula is C10H16Cl2O2. The molecule has 1 aliphatic carbocycles. The number of hydrogen-bond acceptors (Lipinski definition) is 1. The Morgan fingerprint density at radius 1 is 1.43 bits per heavy atom. The van der Waals surface area contributed by atoms with Gasteiger partial charge in [-0.3, -0.25) is 4.79 Å². The van der Waals surface area contributed by atoms with Crippen LogP contribution in [0.15, 0.2) is 0 Å². The van der Waals surface area contributed by atoms with Crippen molar-refractivity contribution in [3.8, 4) is 0 Å². The first-order valence-electron chi connectivity index (χ1n) is 4.75. The van der Waals surface area contributed by atoms with Crippen LogP contribution in [0.25, 0.3) is 0 Å². The molecule has 0 saturated heterocycles. The Morgan fingerprint density at radius 3 is 2.14 bits per heavy atom. The summed E-state index contributed by atoms with van der Waals surface area (Å²) in [6.45, 7) is 5.67. The number of rotatable bonds is 2. The molecule has 2 atom stereocenters. The number of carboxylic acid groups (broad SMARTS) is 1. The second kappa shape index (κ2) is 3.57. The molecule has 1 fully saturated rings. The molecule has 14 heavy (non-hydrogen) atoms. The molecule has 0 bridgehead atoms. The molecule has 1 rings (SSSR count). The van der Waals surface area contributed by atoms with Crippen LogP contribution < -0.4 is 0 Å². The normalized spacial score (nSPS) is 36.3. The van der Waals surface area contributed by atoms with Crippen LogP contribution in [-0.4, -0.2) is 15.9 Å². The SMILES string of the molecule is CC1(C)[C@@H](C(Cl)Cl)CC[C@]1(C)C(=O)O. The van der Waals surface area contributed by atoms with Crippen molar-refractivity contribution in [2.45, 2.75) is 38.4 Å². The number of hydrogen-bond donors (Lipinski definition) is 1. The Balaban J connectivity index is 3.02. The van der Waals surface area contributed by atoms with E-state index in [1.54, 1.807) is 6.92 Å². The second-order valence-corrected chi connectivity index (χ2v) is 6.00. The Labute approximate surface area is 94.6 Å². The lowest BCUT2D eigenvalue weighted by molar-refractivity contribution is -0.154. The van der Waals surface area contributed by atoms with Gasteiger partial charge >= 0.3 is 5.97 Å². The third-order valence-corrected chi connectivity index (χ3v) is 4.69. The zero-order chi connectivity index (χ0) is 11.1. The van der Waals surface area contributed by atoms with Crippen LogP contribution in [0.5, 0.6) is 0 Å². The van der Waals surface area contributed by atoms with Crippen LogP contribution in [-0.2, 0) is 4.79 Å². The molecule has 0 spiro atoms. The highest BCUT2D eigenvalue weighted by molar-refractivity contribution is 6.44. The summed E-state index contributed by atoms with van der Waals surface area (Å²) >= 11 is 11.7. The van der Waals surface area contributed by atoms with Crippen molar-refractivity contribution < 1.29 is 9.90 Å². The van der Waals surface area contributed by atoms with E-state index < -0.39 is 16.2 Å². The highest BCUT2D eigenvalue weighted by Gasteiger charge is 2.57.